The number of esters is 2. The molecule has 0 aliphatic carbocycles. The molecule has 0 heterocycles. The molecule has 0 saturated carbocycles. The first-order valence-electron chi connectivity index (χ1n) is 10.00. The Kier molecular flexibility index (Phi) is 6.88. The highest BCUT2D eigenvalue weighted by Gasteiger charge is 2.14. The van der Waals surface area contributed by atoms with E-state index in [1.165, 1.54) is 0 Å². The van der Waals surface area contributed by atoms with Crippen molar-refractivity contribution in [2.45, 2.75) is 20.8 Å². The van der Waals surface area contributed by atoms with E-state index in [1.54, 1.807) is 38.1 Å². The van der Waals surface area contributed by atoms with Crippen molar-refractivity contribution in [1.29, 1.82) is 0 Å². The van der Waals surface area contributed by atoms with Crippen molar-refractivity contribution < 1.29 is 19.1 Å². The maximum absolute atomic E-state index is 11.9. The molecule has 5 nitrogen and oxygen atoms in total. The third kappa shape index (κ3) is 5.60. The molecule has 3 aromatic rings. The summed E-state index contributed by atoms with van der Waals surface area (Å²) in [6.07, 6.45) is 1.13. The molecule has 158 valence electrons. The number of ether oxygens (including phenoxy) is 2. The van der Waals surface area contributed by atoms with Gasteiger partial charge in [0.1, 0.15) is 11.5 Å². The molecule has 0 atom stereocenters. The molecular weight excluding hydrogens is 390 g/mol. The third-order valence-corrected chi connectivity index (χ3v) is 4.56. The third-order valence-electron chi connectivity index (χ3n) is 4.56. The van der Waals surface area contributed by atoms with Gasteiger partial charge in [0.2, 0.25) is 0 Å². The van der Waals surface area contributed by atoms with Crippen molar-refractivity contribution in [2.75, 3.05) is 4.90 Å². The summed E-state index contributed by atoms with van der Waals surface area (Å²) in [5.74, 6) is -0.0358. The van der Waals surface area contributed by atoms with Gasteiger partial charge in [0, 0.05) is 23.1 Å². The number of rotatable bonds is 7. The van der Waals surface area contributed by atoms with Crippen molar-refractivity contribution in [3.8, 4) is 11.5 Å². The van der Waals surface area contributed by atoms with Crippen molar-refractivity contribution >= 4 is 29.0 Å². The van der Waals surface area contributed by atoms with Crippen molar-refractivity contribution in [1.82, 2.24) is 0 Å². The number of carbonyl (C=O) groups is 2. The molecule has 0 bridgehead atoms. The fraction of sp³-hybridized carbons (Fsp3) is 0.154. The molecule has 31 heavy (non-hydrogen) atoms. The topological polar surface area (TPSA) is 55.8 Å². The van der Waals surface area contributed by atoms with Gasteiger partial charge in [-0.15, -0.1) is 0 Å². The van der Waals surface area contributed by atoms with E-state index in [0.717, 1.165) is 28.7 Å². The summed E-state index contributed by atoms with van der Waals surface area (Å²) in [7, 11) is 0. The summed E-state index contributed by atoms with van der Waals surface area (Å²) >= 11 is 0. The molecule has 0 N–H and O–H groups in total. The van der Waals surface area contributed by atoms with Gasteiger partial charge >= 0.3 is 11.9 Å². The summed E-state index contributed by atoms with van der Waals surface area (Å²) < 4.78 is 10.6. The molecule has 3 aromatic carbocycles. The van der Waals surface area contributed by atoms with Crippen LogP contribution in [0.5, 0.6) is 11.5 Å². The minimum Gasteiger partial charge on any atom is -0.426 e. The average molecular weight is 415 g/mol. The largest absolute Gasteiger partial charge is 0.426 e. The van der Waals surface area contributed by atoms with E-state index in [2.05, 4.69) is 11.5 Å². The lowest BCUT2D eigenvalue weighted by Crippen LogP contribution is -2.15. The summed E-state index contributed by atoms with van der Waals surface area (Å²) in [4.78, 5) is 25.4. The van der Waals surface area contributed by atoms with Crippen LogP contribution in [0.2, 0.25) is 0 Å². The zero-order valence-electron chi connectivity index (χ0n) is 17.9. The van der Waals surface area contributed by atoms with E-state index in [-0.39, 0.29) is 11.9 Å². The second kappa shape index (κ2) is 9.76. The summed E-state index contributed by atoms with van der Waals surface area (Å²) in [6.45, 7) is 9.04. The maximum Gasteiger partial charge on any atom is 0.335 e. The van der Waals surface area contributed by atoms with Gasteiger partial charge in [0.05, 0.1) is 5.92 Å². The van der Waals surface area contributed by atoms with E-state index in [0.29, 0.717) is 11.5 Å². The molecule has 0 aliphatic heterocycles. The molecule has 0 unspecified atom stereocenters. The predicted molar refractivity (Wildman–Crippen MR) is 122 cm³/mol. The van der Waals surface area contributed by atoms with Gasteiger partial charge in [0.25, 0.3) is 0 Å². The number of anilines is 3. The Bertz CT molecular complexity index is 1050. The van der Waals surface area contributed by atoms with Gasteiger partial charge in [-0.05, 0) is 67.6 Å². The standard InChI is InChI=1S/C26H25NO4/c1-5-25(28)30-23-14-10-21(11-15-23)27(20-8-6-19(4)7-9-20)22-12-16-24(17-13-22)31-26(29)18(2)3/h5-18H,1H2,2-4H3. The molecule has 0 radical (unpaired) electrons. The Hall–Kier alpha value is -3.86. The molecule has 0 fully saturated rings. The Balaban J connectivity index is 1.94. The maximum atomic E-state index is 11.9. The van der Waals surface area contributed by atoms with Gasteiger partial charge in [-0.1, -0.05) is 38.1 Å². The average Bonchev–Trinajstić information content (AvgIpc) is 2.77. The van der Waals surface area contributed by atoms with E-state index in [1.807, 2.05) is 55.5 Å². The molecular formula is C26H25NO4. The van der Waals surface area contributed by atoms with Crippen molar-refractivity contribution in [2.24, 2.45) is 5.92 Å². The van der Waals surface area contributed by atoms with Crippen molar-refractivity contribution in [3.05, 3.63) is 91.0 Å². The first-order valence-corrected chi connectivity index (χ1v) is 10.00. The first-order chi connectivity index (χ1) is 14.9. The molecule has 0 amide bonds. The predicted octanol–water partition coefficient (Wildman–Crippen LogP) is 6.12. The van der Waals surface area contributed by atoms with Gasteiger partial charge < -0.3 is 14.4 Å². The van der Waals surface area contributed by atoms with Crippen LogP contribution in [-0.2, 0) is 9.59 Å². The zero-order valence-corrected chi connectivity index (χ0v) is 17.9. The summed E-state index contributed by atoms with van der Waals surface area (Å²) in [5.41, 5.74) is 3.90. The van der Waals surface area contributed by atoms with Crippen LogP contribution in [0, 0.1) is 12.8 Å². The second-order valence-electron chi connectivity index (χ2n) is 7.36. The number of nitrogens with zero attached hydrogens (tertiary/aromatic N) is 1. The molecule has 3 rings (SSSR count). The van der Waals surface area contributed by atoms with E-state index in [9.17, 15) is 9.59 Å². The quantitative estimate of drug-likeness (QED) is 0.264. The lowest BCUT2D eigenvalue weighted by Gasteiger charge is -2.26. The van der Waals surface area contributed by atoms with Crippen LogP contribution in [-0.4, -0.2) is 11.9 Å². The van der Waals surface area contributed by atoms with Gasteiger partial charge in [0.15, 0.2) is 0 Å². The van der Waals surface area contributed by atoms with Crippen LogP contribution in [0.4, 0.5) is 17.1 Å². The number of hydrogen-bond acceptors (Lipinski definition) is 5. The smallest absolute Gasteiger partial charge is 0.335 e. The van der Waals surface area contributed by atoms with Gasteiger partial charge in [-0.3, -0.25) is 4.79 Å². The molecule has 5 heteroatoms. The lowest BCUT2D eigenvalue weighted by atomic mass is 10.1. The van der Waals surface area contributed by atoms with Crippen LogP contribution in [0.1, 0.15) is 19.4 Å². The Morgan fingerprint density at radius 3 is 1.61 bits per heavy atom. The normalized spacial score (nSPS) is 10.5. The van der Waals surface area contributed by atoms with Crippen LogP contribution < -0.4 is 14.4 Å². The highest BCUT2D eigenvalue weighted by Crippen LogP contribution is 2.36. The summed E-state index contributed by atoms with van der Waals surface area (Å²) in [6, 6.07) is 22.7. The van der Waals surface area contributed by atoms with Crippen molar-refractivity contribution in [3.63, 3.8) is 0 Å². The fourth-order valence-corrected chi connectivity index (χ4v) is 2.86. The Morgan fingerprint density at radius 2 is 1.19 bits per heavy atom. The minimum absolute atomic E-state index is 0.197. The number of benzene rings is 3. The van der Waals surface area contributed by atoms with Crippen LogP contribution >= 0.6 is 0 Å². The van der Waals surface area contributed by atoms with E-state index in [4.69, 9.17) is 9.47 Å². The highest BCUT2D eigenvalue weighted by atomic mass is 16.5. The number of aryl methyl sites for hydroxylation is 1. The zero-order chi connectivity index (χ0) is 22.4. The minimum atomic E-state index is -0.505. The van der Waals surface area contributed by atoms with E-state index >= 15 is 0 Å². The fourth-order valence-electron chi connectivity index (χ4n) is 2.86. The van der Waals surface area contributed by atoms with E-state index < -0.39 is 5.97 Å². The van der Waals surface area contributed by atoms with Crippen LogP contribution in [0.25, 0.3) is 0 Å². The molecule has 0 aliphatic rings. The SMILES string of the molecule is C=CC(=O)Oc1ccc(N(c2ccc(C)cc2)c2ccc(OC(=O)C(C)C)cc2)cc1. The number of carbonyl (C=O) groups excluding carboxylic acids is 2. The summed E-state index contributed by atoms with van der Waals surface area (Å²) in [5, 5.41) is 0. The van der Waals surface area contributed by atoms with Crippen LogP contribution in [0.15, 0.2) is 85.5 Å². The first kappa shape index (κ1) is 21.8. The molecule has 0 saturated heterocycles. The van der Waals surface area contributed by atoms with Gasteiger partial charge in [-0.2, -0.15) is 0 Å². The molecule has 0 spiro atoms. The highest BCUT2D eigenvalue weighted by molar-refractivity contribution is 5.83. The lowest BCUT2D eigenvalue weighted by molar-refractivity contribution is -0.137. The monoisotopic (exact) mass is 415 g/mol. The van der Waals surface area contributed by atoms with Crippen LogP contribution in [0.3, 0.4) is 0 Å². The molecule has 0 aromatic heterocycles. The second-order valence-corrected chi connectivity index (χ2v) is 7.36. The Morgan fingerprint density at radius 1 is 0.774 bits per heavy atom. The number of hydrogen-bond donors (Lipinski definition) is 0. The van der Waals surface area contributed by atoms with Gasteiger partial charge in [-0.25, -0.2) is 4.79 Å². The Labute approximate surface area is 182 Å².